The Balaban J connectivity index is 0.000000720. The maximum Gasteiger partial charge on any atom is 0.146 e. The van der Waals surface area contributed by atoms with E-state index >= 15 is 0 Å². The van der Waals surface area contributed by atoms with Gasteiger partial charge in [0.1, 0.15) is 18.1 Å². The molecule has 2 N–H and O–H groups in total. The molecular weight excluding hydrogens is 213 g/mol. The summed E-state index contributed by atoms with van der Waals surface area (Å²) in [5.74, 6) is 0.976. The first-order valence-corrected chi connectivity index (χ1v) is 3.56. The third-order valence-corrected chi connectivity index (χ3v) is 1.64. The van der Waals surface area contributed by atoms with E-state index < -0.39 is 0 Å². The molecule has 3 nitrogen and oxygen atoms in total. The number of ether oxygens (including phenoxy) is 1. The maximum absolute atomic E-state index is 9.08. The second-order valence-electron chi connectivity index (χ2n) is 2.46. The molecule has 1 aromatic rings. The first-order valence-electron chi connectivity index (χ1n) is 3.56. The number of fused-ring (bicyclic) bond motifs is 1. The Bertz CT molecular complexity index is 281. The van der Waals surface area contributed by atoms with Crippen molar-refractivity contribution in [3.05, 3.63) is 18.2 Å². The molecule has 1 aliphatic heterocycles. The van der Waals surface area contributed by atoms with Crippen LogP contribution in [0.15, 0.2) is 18.2 Å². The van der Waals surface area contributed by atoms with E-state index in [-0.39, 0.29) is 30.6 Å². The molecule has 1 aromatic carbocycles. The standard InChI is InChI=1S/C8H9NO2.2ClH/c10-6-1-2-7-8(5-6)11-4-3-9-7;;/h1-2,5,9-10H,3-4H2;2*1H. The van der Waals surface area contributed by atoms with Crippen molar-refractivity contribution in [2.45, 2.75) is 0 Å². The Hall–Kier alpha value is -0.800. The van der Waals surface area contributed by atoms with Crippen molar-refractivity contribution in [2.75, 3.05) is 18.5 Å². The average Bonchev–Trinajstić information content (AvgIpc) is 2.04. The van der Waals surface area contributed by atoms with Crippen molar-refractivity contribution in [3.63, 3.8) is 0 Å². The third kappa shape index (κ3) is 2.57. The highest BCUT2D eigenvalue weighted by atomic mass is 35.5. The molecule has 5 heteroatoms. The molecule has 0 spiro atoms. The van der Waals surface area contributed by atoms with E-state index in [0.717, 1.165) is 18.0 Å². The van der Waals surface area contributed by atoms with Crippen LogP contribution < -0.4 is 10.1 Å². The summed E-state index contributed by atoms with van der Waals surface area (Å²) in [5, 5.41) is 12.2. The minimum absolute atomic E-state index is 0. The summed E-state index contributed by atoms with van der Waals surface area (Å²) < 4.78 is 5.28. The van der Waals surface area contributed by atoms with E-state index in [1.807, 2.05) is 6.07 Å². The summed E-state index contributed by atoms with van der Waals surface area (Å²) in [6.07, 6.45) is 0. The molecule has 0 amide bonds. The van der Waals surface area contributed by atoms with Gasteiger partial charge in [-0.2, -0.15) is 0 Å². The number of phenols is 1. The van der Waals surface area contributed by atoms with Crippen LogP contribution in [-0.4, -0.2) is 18.3 Å². The highest BCUT2D eigenvalue weighted by Gasteiger charge is 2.08. The first-order chi connectivity index (χ1) is 5.36. The molecular formula is C8H11Cl2NO2. The summed E-state index contributed by atoms with van der Waals surface area (Å²) in [7, 11) is 0. The molecule has 0 bridgehead atoms. The van der Waals surface area contributed by atoms with Crippen molar-refractivity contribution in [3.8, 4) is 11.5 Å². The molecule has 0 radical (unpaired) electrons. The van der Waals surface area contributed by atoms with Gasteiger partial charge in [-0.25, -0.2) is 0 Å². The molecule has 0 atom stereocenters. The lowest BCUT2D eigenvalue weighted by Gasteiger charge is -2.18. The minimum atomic E-state index is 0. The lowest BCUT2D eigenvalue weighted by atomic mass is 10.2. The summed E-state index contributed by atoms with van der Waals surface area (Å²) in [6.45, 7) is 1.49. The molecule has 0 aliphatic carbocycles. The molecule has 2 rings (SSSR count). The van der Waals surface area contributed by atoms with Crippen molar-refractivity contribution in [1.29, 1.82) is 0 Å². The molecule has 0 saturated heterocycles. The summed E-state index contributed by atoms with van der Waals surface area (Å²) >= 11 is 0. The molecule has 0 aromatic heterocycles. The van der Waals surface area contributed by atoms with E-state index in [0.29, 0.717) is 6.61 Å². The number of anilines is 1. The van der Waals surface area contributed by atoms with Crippen LogP contribution in [0, 0.1) is 0 Å². The molecule has 13 heavy (non-hydrogen) atoms. The highest BCUT2D eigenvalue weighted by molar-refractivity contribution is 5.85. The predicted octanol–water partition coefficient (Wildman–Crippen LogP) is 2.04. The zero-order valence-electron chi connectivity index (χ0n) is 6.82. The van der Waals surface area contributed by atoms with Crippen LogP contribution in [0.25, 0.3) is 0 Å². The molecule has 0 fully saturated rings. The molecule has 0 saturated carbocycles. The lowest BCUT2D eigenvalue weighted by Crippen LogP contribution is -2.17. The number of benzene rings is 1. The van der Waals surface area contributed by atoms with Crippen LogP contribution in [0.3, 0.4) is 0 Å². The fourth-order valence-corrected chi connectivity index (χ4v) is 1.12. The Morgan fingerprint density at radius 3 is 2.85 bits per heavy atom. The molecule has 1 heterocycles. The first kappa shape index (κ1) is 12.2. The monoisotopic (exact) mass is 223 g/mol. The normalized spacial score (nSPS) is 12.3. The van der Waals surface area contributed by atoms with Gasteiger partial charge in [-0.05, 0) is 12.1 Å². The Morgan fingerprint density at radius 2 is 2.08 bits per heavy atom. The van der Waals surface area contributed by atoms with E-state index in [4.69, 9.17) is 9.84 Å². The number of rotatable bonds is 0. The van der Waals surface area contributed by atoms with E-state index in [9.17, 15) is 0 Å². The quantitative estimate of drug-likeness (QED) is 0.662. The van der Waals surface area contributed by atoms with Gasteiger partial charge in [-0.15, -0.1) is 24.8 Å². The van der Waals surface area contributed by atoms with Crippen molar-refractivity contribution in [1.82, 2.24) is 0 Å². The number of nitrogens with one attached hydrogen (secondary N) is 1. The zero-order valence-corrected chi connectivity index (χ0v) is 8.45. The van der Waals surface area contributed by atoms with Crippen LogP contribution in [0.2, 0.25) is 0 Å². The largest absolute Gasteiger partial charge is 0.508 e. The number of phenolic OH excluding ortho intramolecular Hbond substituents is 1. The van der Waals surface area contributed by atoms with Gasteiger partial charge < -0.3 is 15.2 Å². The van der Waals surface area contributed by atoms with Gasteiger partial charge in [0.2, 0.25) is 0 Å². The van der Waals surface area contributed by atoms with Gasteiger partial charge in [-0.1, -0.05) is 0 Å². The Labute approximate surface area is 88.9 Å². The van der Waals surface area contributed by atoms with Crippen LogP contribution in [-0.2, 0) is 0 Å². The number of halogens is 2. The number of hydrogen-bond donors (Lipinski definition) is 2. The second kappa shape index (κ2) is 5.04. The van der Waals surface area contributed by atoms with Gasteiger partial charge in [-0.3, -0.25) is 0 Å². The summed E-state index contributed by atoms with van der Waals surface area (Å²) in [6, 6.07) is 5.06. The van der Waals surface area contributed by atoms with Crippen LogP contribution >= 0.6 is 24.8 Å². The second-order valence-corrected chi connectivity index (χ2v) is 2.46. The minimum Gasteiger partial charge on any atom is -0.508 e. The lowest BCUT2D eigenvalue weighted by molar-refractivity contribution is 0.321. The van der Waals surface area contributed by atoms with Gasteiger partial charge in [0, 0.05) is 12.6 Å². The molecule has 74 valence electrons. The smallest absolute Gasteiger partial charge is 0.146 e. The summed E-state index contributed by atoms with van der Waals surface area (Å²) in [5.41, 5.74) is 0.953. The topological polar surface area (TPSA) is 41.5 Å². The highest BCUT2D eigenvalue weighted by Crippen LogP contribution is 2.30. The fourth-order valence-electron chi connectivity index (χ4n) is 1.12. The van der Waals surface area contributed by atoms with Gasteiger partial charge in [0.15, 0.2) is 0 Å². The van der Waals surface area contributed by atoms with E-state index in [2.05, 4.69) is 5.32 Å². The average molecular weight is 224 g/mol. The molecule has 0 unspecified atom stereocenters. The van der Waals surface area contributed by atoms with Crippen molar-refractivity contribution in [2.24, 2.45) is 0 Å². The van der Waals surface area contributed by atoms with Gasteiger partial charge >= 0.3 is 0 Å². The Morgan fingerprint density at radius 1 is 1.31 bits per heavy atom. The third-order valence-electron chi connectivity index (χ3n) is 1.64. The number of hydrogen-bond acceptors (Lipinski definition) is 3. The van der Waals surface area contributed by atoms with Crippen LogP contribution in [0.5, 0.6) is 11.5 Å². The van der Waals surface area contributed by atoms with Crippen molar-refractivity contribution < 1.29 is 9.84 Å². The zero-order chi connectivity index (χ0) is 7.68. The predicted molar refractivity (Wildman–Crippen MR) is 56.6 cm³/mol. The van der Waals surface area contributed by atoms with Gasteiger partial charge in [0.05, 0.1) is 5.69 Å². The van der Waals surface area contributed by atoms with Gasteiger partial charge in [0.25, 0.3) is 0 Å². The summed E-state index contributed by atoms with van der Waals surface area (Å²) in [4.78, 5) is 0. The van der Waals surface area contributed by atoms with Crippen LogP contribution in [0.1, 0.15) is 0 Å². The maximum atomic E-state index is 9.08. The van der Waals surface area contributed by atoms with E-state index in [1.54, 1.807) is 12.1 Å². The molecule has 1 aliphatic rings. The SMILES string of the molecule is Cl.Cl.Oc1ccc2c(c1)OCCN2. The van der Waals surface area contributed by atoms with Crippen LogP contribution in [0.4, 0.5) is 5.69 Å². The number of aromatic hydroxyl groups is 1. The Kier molecular flexibility index (Phi) is 4.73. The van der Waals surface area contributed by atoms with E-state index in [1.165, 1.54) is 0 Å². The van der Waals surface area contributed by atoms with Crippen molar-refractivity contribution >= 4 is 30.5 Å². The fraction of sp³-hybridized carbons (Fsp3) is 0.250.